The van der Waals surface area contributed by atoms with Crippen LogP contribution in [0, 0.1) is 17.2 Å². The molecule has 0 unspecified atom stereocenters. The minimum absolute atomic E-state index is 0.241. The Hall–Kier alpha value is -2.29. The van der Waals surface area contributed by atoms with Crippen LogP contribution in [0.3, 0.4) is 0 Å². The molecule has 0 aliphatic carbocycles. The van der Waals surface area contributed by atoms with E-state index in [1.165, 1.54) is 0 Å². The summed E-state index contributed by atoms with van der Waals surface area (Å²) in [6, 6.07) is 5.52. The second-order valence-electron chi connectivity index (χ2n) is 6.51. The average Bonchev–Trinajstić information content (AvgIpc) is 2.93. The molecular weight excluding hydrogens is 280 g/mol. The predicted molar refractivity (Wildman–Crippen MR) is 83.4 cm³/mol. The van der Waals surface area contributed by atoms with Crippen molar-refractivity contribution in [1.29, 1.82) is 5.26 Å². The van der Waals surface area contributed by atoms with Crippen LogP contribution >= 0.6 is 0 Å². The number of nitrogens with one attached hydrogen (secondary N) is 1. The van der Waals surface area contributed by atoms with Crippen molar-refractivity contribution in [3.8, 4) is 6.07 Å². The summed E-state index contributed by atoms with van der Waals surface area (Å²) in [5.74, 6) is 0.392. The van der Waals surface area contributed by atoms with Gasteiger partial charge in [0.2, 0.25) is 0 Å². The van der Waals surface area contributed by atoms with Gasteiger partial charge in [-0.15, -0.1) is 0 Å². The molecule has 1 amide bonds. The van der Waals surface area contributed by atoms with Crippen molar-refractivity contribution < 1.29 is 9.53 Å². The van der Waals surface area contributed by atoms with Crippen LogP contribution in [0.2, 0.25) is 0 Å². The fourth-order valence-electron chi connectivity index (χ4n) is 2.32. The third-order valence-electron chi connectivity index (χ3n) is 3.41. The second-order valence-corrected chi connectivity index (χ2v) is 6.51. The van der Waals surface area contributed by atoms with E-state index >= 15 is 0 Å². The Balaban J connectivity index is 1.78. The summed E-state index contributed by atoms with van der Waals surface area (Å²) in [6.45, 7) is 7.82. The Labute approximate surface area is 131 Å². The number of likely N-dealkylation sites (tertiary alicyclic amines) is 1. The number of ether oxygens (including phenoxy) is 1. The number of nitrogens with zero attached hydrogens (tertiary/aromatic N) is 3. The van der Waals surface area contributed by atoms with Crippen molar-refractivity contribution in [3.05, 3.63) is 24.0 Å². The van der Waals surface area contributed by atoms with E-state index in [9.17, 15) is 4.79 Å². The van der Waals surface area contributed by atoms with Crippen LogP contribution in [0.25, 0.3) is 0 Å². The zero-order chi connectivity index (χ0) is 16.2. The Morgan fingerprint density at radius 3 is 2.91 bits per heavy atom. The molecule has 1 atom stereocenters. The molecule has 1 N–H and O–H groups in total. The quantitative estimate of drug-likeness (QED) is 0.928. The molecule has 0 saturated carbocycles. The summed E-state index contributed by atoms with van der Waals surface area (Å²) in [5.41, 5.74) is 0.832. The van der Waals surface area contributed by atoms with Crippen molar-refractivity contribution in [2.75, 3.05) is 25.0 Å². The lowest BCUT2D eigenvalue weighted by Gasteiger charge is -2.24. The molecule has 6 heteroatoms. The largest absolute Gasteiger partial charge is 0.444 e. The van der Waals surface area contributed by atoms with Gasteiger partial charge in [0.05, 0.1) is 11.9 Å². The van der Waals surface area contributed by atoms with E-state index in [0.29, 0.717) is 18.2 Å². The van der Waals surface area contributed by atoms with Crippen molar-refractivity contribution in [3.63, 3.8) is 0 Å². The molecule has 0 spiro atoms. The molecule has 1 saturated heterocycles. The molecule has 2 heterocycles. The van der Waals surface area contributed by atoms with Gasteiger partial charge in [-0.3, -0.25) is 0 Å². The fraction of sp³-hybridized carbons (Fsp3) is 0.562. The number of pyridine rings is 1. The van der Waals surface area contributed by atoms with E-state index in [0.717, 1.165) is 25.2 Å². The Bertz CT molecular complexity index is 557. The molecule has 6 nitrogen and oxygen atoms in total. The van der Waals surface area contributed by atoms with Gasteiger partial charge in [-0.1, -0.05) is 0 Å². The molecule has 0 bridgehead atoms. The third-order valence-corrected chi connectivity index (χ3v) is 3.41. The molecule has 1 aromatic heterocycles. The van der Waals surface area contributed by atoms with Gasteiger partial charge in [-0.2, -0.15) is 5.26 Å². The summed E-state index contributed by atoms with van der Waals surface area (Å²) >= 11 is 0. The van der Waals surface area contributed by atoms with E-state index in [4.69, 9.17) is 10.00 Å². The maximum atomic E-state index is 12.0. The van der Waals surface area contributed by atoms with E-state index < -0.39 is 5.60 Å². The van der Waals surface area contributed by atoms with E-state index in [-0.39, 0.29) is 6.09 Å². The normalized spacial score (nSPS) is 17.9. The first kappa shape index (κ1) is 16.1. The zero-order valence-electron chi connectivity index (χ0n) is 13.3. The lowest BCUT2D eigenvalue weighted by Crippen LogP contribution is -2.35. The maximum absolute atomic E-state index is 12.0. The first-order valence-corrected chi connectivity index (χ1v) is 7.45. The molecule has 0 aromatic carbocycles. The van der Waals surface area contributed by atoms with Crippen LogP contribution in [0.1, 0.15) is 32.9 Å². The SMILES string of the molecule is CC(C)(C)OC(=O)N1CC[C@@H](CNc2ccc(C#N)nc2)C1. The standard InChI is InChI=1S/C16H22N4O2/c1-16(2,3)22-15(21)20-7-6-12(11-20)9-18-14-5-4-13(8-17)19-10-14/h4-5,10,12,18H,6-7,9,11H2,1-3H3/t12-/m0/s1. The van der Waals surface area contributed by atoms with Gasteiger partial charge in [-0.05, 0) is 45.2 Å². The maximum Gasteiger partial charge on any atom is 0.410 e. The Morgan fingerprint density at radius 1 is 1.55 bits per heavy atom. The second kappa shape index (κ2) is 6.65. The number of hydrogen-bond acceptors (Lipinski definition) is 5. The number of nitriles is 1. The van der Waals surface area contributed by atoms with Crippen LogP contribution in [0.4, 0.5) is 10.5 Å². The highest BCUT2D eigenvalue weighted by atomic mass is 16.6. The highest BCUT2D eigenvalue weighted by Crippen LogP contribution is 2.20. The van der Waals surface area contributed by atoms with E-state index in [1.54, 1.807) is 17.2 Å². The molecule has 1 aliphatic rings. The van der Waals surface area contributed by atoms with Crippen LogP contribution in [0.5, 0.6) is 0 Å². The van der Waals surface area contributed by atoms with E-state index in [2.05, 4.69) is 10.3 Å². The summed E-state index contributed by atoms with van der Waals surface area (Å²) in [5, 5.41) is 12.0. The Kier molecular flexibility index (Phi) is 4.86. The molecule has 1 fully saturated rings. The number of carbonyl (C=O) groups excluding carboxylic acids is 1. The monoisotopic (exact) mass is 302 g/mol. The molecule has 2 rings (SSSR count). The molecule has 1 aromatic rings. The number of rotatable bonds is 3. The van der Waals surface area contributed by atoms with Crippen LogP contribution in [-0.4, -0.2) is 41.2 Å². The van der Waals surface area contributed by atoms with Gasteiger partial charge in [-0.25, -0.2) is 9.78 Å². The smallest absolute Gasteiger partial charge is 0.410 e. The van der Waals surface area contributed by atoms with Crippen LogP contribution in [-0.2, 0) is 4.74 Å². The zero-order valence-corrected chi connectivity index (χ0v) is 13.3. The molecule has 22 heavy (non-hydrogen) atoms. The number of carbonyl (C=O) groups is 1. The summed E-state index contributed by atoms with van der Waals surface area (Å²) in [6.07, 6.45) is 2.37. The summed E-state index contributed by atoms with van der Waals surface area (Å²) in [7, 11) is 0. The molecule has 0 radical (unpaired) electrons. The van der Waals surface area contributed by atoms with E-state index in [1.807, 2.05) is 32.9 Å². The van der Waals surface area contributed by atoms with Crippen LogP contribution < -0.4 is 5.32 Å². The number of anilines is 1. The first-order valence-electron chi connectivity index (χ1n) is 7.45. The summed E-state index contributed by atoms with van der Waals surface area (Å²) < 4.78 is 5.38. The average molecular weight is 302 g/mol. The van der Waals surface area contributed by atoms with Crippen molar-refractivity contribution >= 4 is 11.8 Å². The molecule has 1 aliphatic heterocycles. The van der Waals surface area contributed by atoms with Gasteiger partial charge in [0.25, 0.3) is 0 Å². The molecular formula is C16H22N4O2. The third kappa shape index (κ3) is 4.62. The minimum Gasteiger partial charge on any atom is -0.444 e. The van der Waals surface area contributed by atoms with Gasteiger partial charge in [0.15, 0.2) is 0 Å². The van der Waals surface area contributed by atoms with Crippen molar-refractivity contribution in [2.45, 2.75) is 32.8 Å². The summed E-state index contributed by atoms with van der Waals surface area (Å²) in [4.78, 5) is 17.8. The minimum atomic E-state index is -0.457. The van der Waals surface area contributed by atoms with Crippen LogP contribution in [0.15, 0.2) is 18.3 Å². The number of amides is 1. The molecule has 118 valence electrons. The van der Waals surface area contributed by atoms with Crippen molar-refractivity contribution in [2.24, 2.45) is 5.92 Å². The fourth-order valence-corrected chi connectivity index (χ4v) is 2.32. The predicted octanol–water partition coefficient (Wildman–Crippen LogP) is 2.62. The first-order chi connectivity index (χ1) is 10.4. The van der Waals surface area contributed by atoms with Gasteiger partial charge in [0.1, 0.15) is 17.4 Å². The van der Waals surface area contributed by atoms with Gasteiger partial charge >= 0.3 is 6.09 Å². The van der Waals surface area contributed by atoms with Crippen molar-refractivity contribution in [1.82, 2.24) is 9.88 Å². The number of hydrogen-bond donors (Lipinski definition) is 1. The highest BCUT2D eigenvalue weighted by Gasteiger charge is 2.29. The lowest BCUT2D eigenvalue weighted by molar-refractivity contribution is 0.0289. The van der Waals surface area contributed by atoms with Gasteiger partial charge in [0, 0.05) is 19.6 Å². The highest BCUT2D eigenvalue weighted by molar-refractivity contribution is 5.68. The topological polar surface area (TPSA) is 78.2 Å². The van der Waals surface area contributed by atoms with Gasteiger partial charge < -0.3 is 15.0 Å². The number of aromatic nitrogens is 1. The Morgan fingerprint density at radius 2 is 2.32 bits per heavy atom. The lowest BCUT2D eigenvalue weighted by atomic mass is 10.1.